The zero-order valence-electron chi connectivity index (χ0n) is 12.8. The van der Waals surface area contributed by atoms with Crippen LogP contribution in [0.1, 0.15) is 17.8 Å². The molecule has 3 saturated heterocycles. The first kappa shape index (κ1) is 15.1. The van der Waals surface area contributed by atoms with E-state index in [-0.39, 0.29) is 0 Å². The second-order valence-corrected chi connectivity index (χ2v) is 6.97. The molecule has 6 nitrogen and oxygen atoms in total. The van der Waals surface area contributed by atoms with Gasteiger partial charge in [0.1, 0.15) is 5.01 Å². The fourth-order valence-electron chi connectivity index (χ4n) is 3.46. The Balaban J connectivity index is 1.60. The molecule has 3 aliphatic heterocycles. The van der Waals surface area contributed by atoms with Crippen LogP contribution in [-0.2, 0) is 11.3 Å². The largest absolute Gasteiger partial charge is 0.472 e. The van der Waals surface area contributed by atoms with Crippen molar-refractivity contribution < 1.29 is 9.47 Å². The van der Waals surface area contributed by atoms with E-state index in [4.69, 9.17) is 9.47 Å². The summed E-state index contributed by atoms with van der Waals surface area (Å²) >= 11 is 1.55. The zero-order chi connectivity index (χ0) is 14.7. The highest BCUT2D eigenvalue weighted by Gasteiger charge is 2.34. The van der Waals surface area contributed by atoms with Crippen LogP contribution in [0.4, 0.5) is 0 Å². The Morgan fingerprint density at radius 1 is 1.19 bits per heavy atom. The lowest BCUT2D eigenvalue weighted by Gasteiger charge is -2.35. The molecule has 0 spiro atoms. The Hall–Kier alpha value is -0.760. The molecule has 118 valence electrons. The smallest absolute Gasteiger partial charge is 0.293 e. The van der Waals surface area contributed by atoms with Crippen molar-refractivity contribution in [1.82, 2.24) is 20.0 Å². The van der Waals surface area contributed by atoms with Gasteiger partial charge in [-0.25, -0.2) is 0 Å². The van der Waals surface area contributed by atoms with Crippen LogP contribution in [0.25, 0.3) is 0 Å². The van der Waals surface area contributed by atoms with Gasteiger partial charge in [-0.15, -0.1) is 10.2 Å². The first-order valence-corrected chi connectivity index (χ1v) is 8.42. The zero-order valence-corrected chi connectivity index (χ0v) is 13.6. The third-order valence-electron chi connectivity index (χ3n) is 4.47. The standard InChI is InChI=1S/C14H24N4O2S/c1-19-6-5-18-8-11-3-4-12(18)9-17(7-11)10-13-15-16-14(20-2)21-13/h11-12H,3-10H2,1-2H3/t11-,12+/m0/s1. The van der Waals surface area contributed by atoms with Crippen LogP contribution in [0.3, 0.4) is 0 Å². The average Bonchev–Trinajstić information content (AvgIpc) is 2.77. The number of hydrogen-bond acceptors (Lipinski definition) is 7. The number of rotatable bonds is 6. The lowest BCUT2D eigenvalue weighted by atomic mass is 9.95. The van der Waals surface area contributed by atoms with Crippen molar-refractivity contribution in [2.24, 2.45) is 5.92 Å². The highest BCUT2D eigenvalue weighted by molar-refractivity contribution is 7.13. The summed E-state index contributed by atoms with van der Waals surface area (Å²) in [5.74, 6) is 0.774. The van der Waals surface area contributed by atoms with Crippen LogP contribution >= 0.6 is 11.3 Å². The molecule has 3 fully saturated rings. The number of nitrogens with zero attached hydrogens (tertiary/aromatic N) is 4. The monoisotopic (exact) mass is 312 g/mol. The summed E-state index contributed by atoms with van der Waals surface area (Å²) in [6.45, 7) is 6.29. The molecule has 0 aromatic carbocycles. The summed E-state index contributed by atoms with van der Waals surface area (Å²) in [6, 6.07) is 0.661. The second-order valence-electron chi connectivity index (χ2n) is 5.94. The van der Waals surface area contributed by atoms with Gasteiger partial charge in [-0.2, -0.15) is 0 Å². The number of hydrogen-bond donors (Lipinski definition) is 0. The van der Waals surface area contributed by atoms with E-state index in [1.54, 1.807) is 25.6 Å². The van der Waals surface area contributed by atoms with Crippen molar-refractivity contribution in [2.75, 3.05) is 47.0 Å². The molecule has 4 heterocycles. The topological polar surface area (TPSA) is 50.7 Å². The van der Waals surface area contributed by atoms with Gasteiger partial charge in [0.2, 0.25) is 0 Å². The molecule has 1 aromatic heterocycles. The molecule has 0 unspecified atom stereocenters. The molecular formula is C14H24N4O2S. The van der Waals surface area contributed by atoms with Crippen molar-refractivity contribution in [3.05, 3.63) is 5.01 Å². The summed E-state index contributed by atoms with van der Waals surface area (Å²) in [7, 11) is 3.43. The first-order chi connectivity index (χ1) is 10.3. The van der Waals surface area contributed by atoms with E-state index in [1.807, 2.05) is 0 Å². The van der Waals surface area contributed by atoms with Crippen molar-refractivity contribution in [3.8, 4) is 5.19 Å². The third-order valence-corrected chi connectivity index (χ3v) is 5.34. The normalized spacial score (nSPS) is 27.0. The minimum atomic E-state index is 0.657. The number of fused-ring (bicyclic) bond motifs is 4. The van der Waals surface area contributed by atoms with Gasteiger partial charge in [0.15, 0.2) is 0 Å². The predicted molar refractivity (Wildman–Crippen MR) is 81.7 cm³/mol. The molecular weight excluding hydrogens is 288 g/mol. The Morgan fingerprint density at radius 3 is 2.86 bits per heavy atom. The molecule has 0 aliphatic carbocycles. The molecule has 21 heavy (non-hydrogen) atoms. The fourth-order valence-corrected chi connectivity index (χ4v) is 4.16. The molecule has 1 aromatic rings. The van der Waals surface area contributed by atoms with Crippen LogP contribution in [-0.4, -0.2) is 73.0 Å². The maximum Gasteiger partial charge on any atom is 0.293 e. The van der Waals surface area contributed by atoms with Gasteiger partial charge < -0.3 is 9.47 Å². The van der Waals surface area contributed by atoms with Gasteiger partial charge >= 0.3 is 0 Å². The highest BCUT2D eigenvalue weighted by atomic mass is 32.1. The van der Waals surface area contributed by atoms with Gasteiger partial charge in [-0.3, -0.25) is 9.80 Å². The summed E-state index contributed by atoms with van der Waals surface area (Å²) < 4.78 is 10.4. The third kappa shape index (κ3) is 3.71. The van der Waals surface area contributed by atoms with E-state index < -0.39 is 0 Å². The maximum atomic E-state index is 5.24. The van der Waals surface area contributed by atoms with E-state index in [1.165, 1.54) is 25.9 Å². The molecule has 2 bridgehead atoms. The summed E-state index contributed by atoms with van der Waals surface area (Å²) in [4.78, 5) is 5.15. The number of aromatic nitrogens is 2. The lowest BCUT2D eigenvalue weighted by molar-refractivity contribution is 0.0867. The predicted octanol–water partition coefficient (Wildman–Crippen LogP) is 1.09. The van der Waals surface area contributed by atoms with E-state index in [0.717, 1.165) is 37.2 Å². The van der Waals surface area contributed by atoms with Gasteiger partial charge in [-0.05, 0) is 18.8 Å². The summed E-state index contributed by atoms with van der Waals surface area (Å²) in [5, 5.41) is 9.95. The first-order valence-electron chi connectivity index (χ1n) is 7.60. The molecule has 2 atom stereocenters. The molecule has 7 heteroatoms. The molecule has 0 radical (unpaired) electrons. The minimum absolute atomic E-state index is 0.657. The molecule has 0 N–H and O–H groups in total. The molecule has 4 rings (SSSR count). The van der Waals surface area contributed by atoms with E-state index >= 15 is 0 Å². The van der Waals surface area contributed by atoms with E-state index in [0.29, 0.717) is 11.2 Å². The maximum absolute atomic E-state index is 5.24. The molecule has 0 saturated carbocycles. The van der Waals surface area contributed by atoms with Crippen LogP contribution in [0.5, 0.6) is 5.19 Å². The quantitative estimate of drug-likeness (QED) is 0.784. The minimum Gasteiger partial charge on any atom is -0.472 e. The van der Waals surface area contributed by atoms with Crippen molar-refractivity contribution in [3.63, 3.8) is 0 Å². The molecule has 3 aliphatic rings. The summed E-state index contributed by atoms with van der Waals surface area (Å²) in [6.07, 6.45) is 2.66. The van der Waals surface area contributed by atoms with Crippen LogP contribution in [0.15, 0.2) is 0 Å². The Kier molecular flexibility index (Phi) is 5.05. The molecule has 0 amide bonds. The van der Waals surface area contributed by atoms with Crippen molar-refractivity contribution >= 4 is 11.3 Å². The number of ether oxygens (including phenoxy) is 2. The number of piperidine rings is 1. The Labute approximate surface area is 130 Å². The second kappa shape index (κ2) is 7.00. The average molecular weight is 312 g/mol. The van der Waals surface area contributed by atoms with Crippen LogP contribution in [0, 0.1) is 5.92 Å². The summed E-state index contributed by atoms with van der Waals surface area (Å²) in [5.41, 5.74) is 0. The number of methoxy groups -OCH3 is 2. The van der Waals surface area contributed by atoms with Crippen molar-refractivity contribution in [1.29, 1.82) is 0 Å². The van der Waals surface area contributed by atoms with Crippen molar-refractivity contribution in [2.45, 2.75) is 25.4 Å². The van der Waals surface area contributed by atoms with Gasteiger partial charge in [-0.1, -0.05) is 11.3 Å². The lowest BCUT2D eigenvalue weighted by Crippen LogP contribution is -2.45. The van der Waals surface area contributed by atoms with Gasteiger partial charge in [0.25, 0.3) is 5.19 Å². The van der Waals surface area contributed by atoms with Crippen LogP contribution < -0.4 is 4.74 Å². The fraction of sp³-hybridized carbons (Fsp3) is 0.857. The van der Waals surface area contributed by atoms with Gasteiger partial charge in [0.05, 0.1) is 20.3 Å². The van der Waals surface area contributed by atoms with Gasteiger partial charge in [0, 0.05) is 39.3 Å². The highest BCUT2D eigenvalue weighted by Crippen LogP contribution is 2.29. The van der Waals surface area contributed by atoms with Crippen LogP contribution in [0.2, 0.25) is 0 Å². The SMILES string of the molecule is COCCN1C[C@H]2CC[C@@H]1CN(Cc1nnc(OC)s1)C2. The Bertz CT molecular complexity index is 456. The van der Waals surface area contributed by atoms with E-state index in [2.05, 4.69) is 20.0 Å². The Morgan fingerprint density at radius 2 is 2.10 bits per heavy atom. The van der Waals surface area contributed by atoms with E-state index in [9.17, 15) is 0 Å².